The van der Waals surface area contributed by atoms with Crippen molar-refractivity contribution in [3.63, 3.8) is 0 Å². The quantitative estimate of drug-likeness (QED) is 0.760. The number of rotatable bonds is 5. The van der Waals surface area contributed by atoms with Crippen molar-refractivity contribution in [2.45, 2.75) is 26.0 Å². The third-order valence-corrected chi connectivity index (χ3v) is 3.19. The summed E-state index contributed by atoms with van der Waals surface area (Å²) in [7, 11) is 1.26. The van der Waals surface area contributed by atoms with Crippen LogP contribution in [0.15, 0.2) is 12.1 Å². The molecule has 4 nitrogen and oxygen atoms in total. The van der Waals surface area contributed by atoms with Gasteiger partial charge in [-0.1, -0.05) is 0 Å². The summed E-state index contributed by atoms with van der Waals surface area (Å²) in [6.07, 6.45) is 0. The highest BCUT2D eigenvalue weighted by Crippen LogP contribution is 2.14. The molecule has 5 heteroatoms. The second-order valence-corrected chi connectivity index (χ2v) is 5.25. The zero-order valence-corrected chi connectivity index (χ0v) is 10.6. The molecule has 0 saturated carbocycles. The second kappa shape index (κ2) is 5.43. The first-order chi connectivity index (χ1) is 7.45. The summed E-state index contributed by atoms with van der Waals surface area (Å²) in [6, 6.07) is 4.07. The van der Waals surface area contributed by atoms with Gasteiger partial charge >= 0.3 is 5.97 Å². The van der Waals surface area contributed by atoms with Crippen LogP contribution in [0.5, 0.6) is 0 Å². The predicted octanol–water partition coefficient (Wildman–Crippen LogP) is 1.07. The molecule has 0 radical (unpaired) electrons. The van der Waals surface area contributed by atoms with Crippen molar-refractivity contribution in [1.82, 2.24) is 5.32 Å². The summed E-state index contributed by atoms with van der Waals surface area (Å²) >= 11 is 1.69. The molecule has 2 N–H and O–H groups in total. The van der Waals surface area contributed by atoms with Crippen LogP contribution in [-0.4, -0.2) is 30.3 Å². The van der Waals surface area contributed by atoms with E-state index in [2.05, 4.69) is 10.1 Å². The van der Waals surface area contributed by atoms with Crippen molar-refractivity contribution in [3.05, 3.63) is 21.9 Å². The van der Waals surface area contributed by atoms with Gasteiger partial charge in [-0.3, -0.25) is 0 Å². The van der Waals surface area contributed by atoms with Crippen LogP contribution >= 0.6 is 11.3 Å². The van der Waals surface area contributed by atoms with E-state index in [1.165, 1.54) is 23.8 Å². The molecule has 1 unspecified atom stereocenters. The number of hydrogen-bond donors (Lipinski definition) is 2. The molecule has 0 saturated heterocycles. The third kappa shape index (κ3) is 3.59. The van der Waals surface area contributed by atoms with Crippen LogP contribution in [0.1, 0.15) is 16.7 Å². The lowest BCUT2D eigenvalue weighted by atomic mass is 10.1. The number of esters is 1. The standard InChI is InChI=1S/C11H17NO3S/c1-8-4-5-9(16-8)6-12-7-11(2,14)10(13)15-3/h4-5,12,14H,6-7H2,1-3H3. The number of thiophene rings is 1. The Morgan fingerprint density at radius 2 is 2.31 bits per heavy atom. The number of hydrogen-bond acceptors (Lipinski definition) is 5. The van der Waals surface area contributed by atoms with Gasteiger partial charge in [-0.05, 0) is 26.0 Å². The van der Waals surface area contributed by atoms with E-state index in [9.17, 15) is 9.90 Å². The zero-order valence-electron chi connectivity index (χ0n) is 9.74. The van der Waals surface area contributed by atoms with E-state index in [1.54, 1.807) is 11.3 Å². The Balaban J connectivity index is 2.38. The van der Waals surface area contributed by atoms with Gasteiger partial charge in [0.25, 0.3) is 0 Å². The molecule has 0 amide bonds. The van der Waals surface area contributed by atoms with Gasteiger partial charge in [0.1, 0.15) is 0 Å². The zero-order chi connectivity index (χ0) is 12.2. The fraction of sp³-hybridized carbons (Fsp3) is 0.545. The minimum atomic E-state index is -1.47. The first kappa shape index (κ1) is 13.2. The molecule has 0 aromatic carbocycles. The molecule has 1 heterocycles. The number of aryl methyl sites for hydroxylation is 1. The molecule has 0 spiro atoms. The lowest BCUT2D eigenvalue weighted by Crippen LogP contribution is -2.45. The van der Waals surface area contributed by atoms with Crippen LogP contribution in [-0.2, 0) is 16.1 Å². The summed E-state index contributed by atoms with van der Waals surface area (Å²) in [5, 5.41) is 12.8. The Labute approximate surface area is 99.2 Å². The molecule has 1 rings (SSSR count). The summed E-state index contributed by atoms with van der Waals surface area (Å²) in [6.45, 7) is 4.30. The van der Waals surface area contributed by atoms with Gasteiger partial charge in [0.2, 0.25) is 0 Å². The second-order valence-electron chi connectivity index (χ2n) is 3.88. The number of carbonyl (C=O) groups excluding carboxylic acids is 1. The molecule has 1 aromatic rings. The first-order valence-electron chi connectivity index (χ1n) is 5.02. The first-order valence-corrected chi connectivity index (χ1v) is 5.84. The Kier molecular flexibility index (Phi) is 4.46. The molecule has 1 atom stereocenters. The third-order valence-electron chi connectivity index (χ3n) is 2.19. The molecule has 16 heavy (non-hydrogen) atoms. The van der Waals surface area contributed by atoms with Crippen LogP contribution in [0, 0.1) is 6.92 Å². The smallest absolute Gasteiger partial charge is 0.338 e. The van der Waals surface area contributed by atoms with Gasteiger partial charge in [0, 0.05) is 22.8 Å². The van der Waals surface area contributed by atoms with Gasteiger partial charge in [-0.15, -0.1) is 11.3 Å². The van der Waals surface area contributed by atoms with E-state index in [1.807, 2.05) is 19.1 Å². The van der Waals surface area contributed by atoms with Crippen LogP contribution in [0.25, 0.3) is 0 Å². The average Bonchev–Trinajstić information content (AvgIpc) is 2.62. The molecular formula is C11H17NO3S. The lowest BCUT2D eigenvalue weighted by molar-refractivity contribution is -0.159. The SMILES string of the molecule is COC(=O)C(C)(O)CNCc1ccc(C)s1. The van der Waals surface area contributed by atoms with E-state index in [0.717, 1.165) is 0 Å². The van der Waals surface area contributed by atoms with Crippen molar-refractivity contribution in [2.24, 2.45) is 0 Å². The van der Waals surface area contributed by atoms with Crippen molar-refractivity contribution >= 4 is 17.3 Å². The predicted molar refractivity (Wildman–Crippen MR) is 63.4 cm³/mol. The van der Waals surface area contributed by atoms with Crippen LogP contribution in [0.3, 0.4) is 0 Å². The number of ether oxygens (including phenoxy) is 1. The number of nitrogens with one attached hydrogen (secondary N) is 1. The largest absolute Gasteiger partial charge is 0.467 e. The molecule has 0 aliphatic carbocycles. The molecule has 1 aromatic heterocycles. The van der Waals surface area contributed by atoms with Crippen LogP contribution in [0.4, 0.5) is 0 Å². The van der Waals surface area contributed by atoms with E-state index in [-0.39, 0.29) is 6.54 Å². The number of aliphatic hydroxyl groups is 1. The fourth-order valence-electron chi connectivity index (χ4n) is 1.30. The van der Waals surface area contributed by atoms with Gasteiger partial charge in [-0.25, -0.2) is 4.79 Å². The average molecular weight is 243 g/mol. The van der Waals surface area contributed by atoms with Gasteiger partial charge in [0.15, 0.2) is 5.60 Å². The maximum Gasteiger partial charge on any atom is 0.338 e. The maximum atomic E-state index is 11.2. The minimum absolute atomic E-state index is 0.177. The van der Waals surface area contributed by atoms with E-state index < -0.39 is 11.6 Å². The Bertz CT molecular complexity index is 360. The molecule has 0 bridgehead atoms. The number of methoxy groups -OCH3 is 1. The summed E-state index contributed by atoms with van der Waals surface area (Å²) < 4.78 is 4.50. The topological polar surface area (TPSA) is 58.6 Å². The molecular weight excluding hydrogens is 226 g/mol. The Hall–Kier alpha value is -0.910. The summed E-state index contributed by atoms with van der Waals surface area (Å²) in [4.78, 5) is 13.6. The van der Waals surface area contributed by atoms with Crippen LogP contribution in [0.2, 0.25) is 0 Å². The highest BCUT2D eigenvalue weighted by atomic mass is 32.1. The molecule has 0 fully saturated rings. The monoisotopic (exact) mass is 243 g/mol. The molecule has 90 valence electrons. The van der Waals surface area contributed by atoms with Crippen molar-refractivity contribution in [3.8, 4) is 0 Å². The van der Waals surface area contributed by atoms with E-state index in [4.69, 9.17) is 0 Å². The highest BCUT2D eigenvalue weighted by Gasteiger charge is 2.30. The highest BCUT2D eigenvalue weighted by molar-refractivity contribution is 7.11. The Morgan fingerprint density at radius 1 is 1.62 bits per heavy atom. The van der Waals surface area contributed by atoms with Crippen molar-refractivity contribution in [2.75, 3.05) is 13.7 Å². The Morgan fingerprint density at radius 3 is 2.81 bits per heavy atom. The van der Waals surface area contributed by atoms with Crippen molar-refractivity contribution in [1.29, 1.82) is 0 Å². The molecule has 0 aliphatic rings. The number of carbonyl (C=O) groups is 1. The summed E-state index contributed by atoms with van der Waals surface area (Å²) in [5.74, 6) is -0.623. The van der Waals surface area contributed by atoms with Crippen molar-refractivity contribution < 1.29 is 14.6 Å². The van der Waals surface area contributed by atoms with E-state index in [0.29, 0.717) is 6.54 Å². The summed E-state index contributed by atoms with van der Waals surface area (Å²) in [5.41, 5.74) is -1.47. The van der Waals surface area contributed by atoms with Gasteiger partial charge in [0.05, 0.1) is 7.11 Å². The van der Waals surface area contributed by atoms with Gasteiger partial charge < -0.3 is 15.2 Å². The van der Waals surface area contributed by atoms with E-state index >= 15 is 0 Å². The fourth-order valence-corrected chi connectivity index (χ4v) is 2.16. The van der Waals surface area contributed by atoms with Crippen LogP contribution < -0.4 is 5.32 Å². The maximum absolute atomic E-state index is 11.2. The lowest BCUT2D eigenvalue weighted by Gasteiger charge is -2.20. The minimum Gasteiger partial charge on any atom is -0.467 e. The normalized spacial score (nSPS) is 14.5. The molecule has 0 aliphatic heterocycles. The van der Waals surface area contributed by atoms with Gasteiger partial charge in [-0.2, -0.15) is 0 Å².